The molecule has 2 aliphatic heterocycles. The van der Waals surface area contributed by atoms with E-state index in [-0.39, 0.29) is 0 Å². The van der Waals surface area contributed by atoms with Gasteiger partial charge in [0.1, 0.15) is 5.69 Å². The lowest BCUT2D eigenvalue weighted by molar-refractivity contribution is 0.145. The van der Waals surface area contributed by atoms with E-state index >= 15 is 0 Å². The molecule has 1 fully saturated rings. The van der Waals surface area contributed by atoms with Crippen LogP contribution in [0, 0.1) is 5.92 Å². The van der Waals surface area contributed by atoms with E-state index in [1.807, 2.05) is 24.5 Å². The SMILES string of the molecule is COc1ccc(-c2nn(-c3cnn(C(C)C4CCN(C)CC4)c3)c3c2CCOCC3)cn1. The van der Waals surface area contributed by atoms with Gasteiger partial charge in [-0.05, 0) is 58.3 Å². The van der Waals surface area contributed by atoms with Crippen molar-refractivity contribution < 1.29 is 9.47 Å². The minimum absolute atomic E-state index is 0.375. The summed E-state index contributed by atoms with van der Waals surface area (Å²) in [4.78, 5) is 6.80. The van der Waals surface area contributed by atoms with Gasteiger partial charge in [0, 0.05) is 29.8 Å². The zero-order valence-corrected chi connectivity index (χ0v) is 19.2. The van der Waals surface area contributed by atoms with E-state index in [0.717, 1.165) is 42.9 Å². The molecule has 0 N–H and O–H groups in total. The molecule has 8 heteroatoms. The van der Waals surface area contributed by atoms with Crippen molar-refractivity contribution in [1.82, 2.24) is 29.4 Å². The molecule has 1 unspecified atom stereocenters. The highest BCUT2D eigenvalue weighted by molar-refractivity contribution is 5.64. The summed E-state index contributed by atoms with van der Waals surface area (Å²) in [5, 5.41) is 9.79. The molecule has 0 amide bonds. The van der Waals surface area contributed by atoms with E-state index in [1.54, 1.807) is 7.11 Å². The molecule has 0 bridgehead atoms. The molecule has 0 radical (unpaired) electrons. The second kappa shape index (κ2) is 9.03. The number of likely N-dealkylation sites (tertiary alicyclic amines) is 1. The Morgan fingerprint density at radius 3 is 2.69 bits per heavy atom. The van der Waals surface area contributed by atoms with Crippen LogP contribution in [0.1, 0.15) is 37.1 Å². The second-order valence-corrected chi connectivity index (χ2v) is 8.95. The Balaban J connectivity index is 1.48. The van der Waals surface area contributed by atoms with Crippen LogP contribution in [0.3, 0.4) is 0 Å². The van der Waals surface area contributed by atoms with Crippen LogP contribution >= 0.6 is 0 Å². The molecule has 1 atom stereocenters. The van der Waals surface area contributed by atoms with Crippen LogP contribution in [-0.4, -0.2) is 69.9 Å². The van der Waals surface area contributed by atoms with E-state index in [4.69, 9.17) is 19.7 Å². The van der Waals surface area contributed by atoms with Crippen LogP contribution in [0.15, 0.2) is 30.7 Å². The lowest BCUT2D eigenvalue weighted by Gasteiger charge is -2.32. The van der Waals surface area contributed by atoms with Crippen molar-refractivity contribution in [3.8, 4) is 22.8 Å². The quantitative estimate of drug-likeness (QED) is 0.612. The van der Waals surface area contributed by atoms with Crippen molar-refractivity contribution in [2.24, 2.45) is 5.92 Å². The summed E-state index contributed by atoms with van der Waals surface area (Å²) in [6, 6.07) is 4.28. The molecule has 5 rings (SSSR count). The number of aromatic nitrogens is 5. The third kappa shape index (κ3) is 4.04. The Morgan fingerprint density at radius 2 is 1.94 bits per heavy atom. The predicted octanol–water partition coefficient (Wildman–Crippen LogP) is 3.16. The first-order valence-corrected chi connectivity index (χ1v) is 11.6. The first kappa shape index (κ1) is 21.2. The summed E-state index contributed by atoms with van der Waals surface area (Å²) in [5.41, 5.74) is 5.42. The van der Waals surface area contributed by atoms with Crippen molar-refractivity contribution in [2.45, 2.75) is 38.6 Å². The van der Waals surface area contributed by atoms with E-state index in [2.05, 4.69) is 39.4 Å². The van der Waals surface area contributed by atoms with Gasteiger partial charge in [-0.3, -0.25) is 4.68 Å². The highest BCUT2D eigenvalue weighted by Crippen LogP contribution is 2.32. The maximum absolute atomic E-state index is 5.78. The van der Waals surface area contributed by atoms with Gasteiger partial charge in [-0.2, -0.15) is 10.2 Å². The fourth-order valence-corrected chi connectivity index (χ4v) is 4.92. The Labute approximate surface area is 189 Å². The van der Waals surface area contributed by atoms with Crippen molar-refractivity contribution in [2.75, 3.05) is 40.5 Å². The number of rotatable bonds is 5. The minimum Gasteiger partial charge on any atom is -0.481 e. The normalized spacial score (nSPS) is 18.8. The minimum atomic E-state index is 0.375. The van der Waals surface area contributed by atoms with Gasteiger partial charge in [-0.15, -0.1) is 0 Å². The lowest BCUT2D eigenvalue weighted by Crippen LogP contribution is -2.33. The van der Waals surface area contributed by atoms with E-state index in [9.17, 15) is 0 Å². The van der Waals surface area contributed by atoms with Crippen molar-refractivity contribution in [3.05, 3.63) is 42.0 Å². The van der Waals surface area contributed by atoms with Gasteiger partial charge in [-0.25, -0.2) is 9.67 Å². The van der Waals surface area contributed by atoms with Crippen LogP contribution in [0.4, 0.5) is 0 Å². The van der Waals surface area contributed by atoms with Crippen molar-refractivity contribution >= 4 is 0 Å². The number of hydrogen-bond acceptors (Lipinski definition) is 6. The summed E-state index contributed by atoms with van der Waals surface area (Å²) in [6.07, 6.45) is 10.0. The summed E-state index contributed by atoms with van der Waals surface area (Å²) < 4.78 is 15.2. The number of methoxy groups -OCH3 is 1. The standard InChI is InChI=1S/C24H32N6O2/c1-17(18-6-10-28(2)11-7-18)29-16-20(15-26-29)30-22-9-13-32-12-8-21(22)24(27-30)19-4-5-23(31-3)25-14-19/h4-5,14-18H,6-13H2,1-3H3. The fourth-order valence-electron chi connectivity index (χ4n) is 4.92. The zero-order valence-electron chi connectivity index (χ0n) is 19.2. The van der Waals surface area contributed by atoms with Crippen LogP contribution < -0.4 is 4.74 Å². The second-order valence-electron chi connectivity index (χ2n) is 8.95. The van der Waals surface area contributed by atoms with Gasteiger partial charge in [-0.1, -0.05) is 0 Å². The first-order chi connectivity index (χ1) is 15.6. The molecule has 5 heterocycles. The molecule has 32 heavy (non-hydrogen) atoms. The summed E-state index contributed by atoms with van der Waals surface area (Å²) in [5.74, 6) is 1.26. The highest BCUT2D eigenvalue weighted by Gasteiger charge is 2.26. The molecule has 0 spiro atoms. The van der Waals surface area contributed by atoms with Gasteiger partial charge < -0.3 is 14.4 Å². The summed E-state index contributed by atoms with van der Waals surface area (Å²) in [6.45, 7) is 6.03. The van der Waals surface area contributed by atoms with Crippen LogP contribution in [0.5, 0.6) is 5.88 Å². The van der Waals surface area contributed by atoms with Crippen molar-refractivity contribution in [1.29, 1.82) is 0 Å². The Bertz CT molecular complexity index is 1050. The monoisotopic (exact) mass is 436 g/mol. The molecular formula is C24H32N6O2. The van der Waals surface area contributed by atoms with Gasteiger partial charge >= 0.3 is 0 Å². The smallest absolute Gasteiger partial charge is 0.212 e. The molecule has 0 aromatic carbocycles. The van der Waals surface area contributed by atoms with Crippen LogP contribution in [0.25, 0.3) is 16.9 Å². The number of fused-ring (bicyclic) bond motifs is 1. The maximum atomic E-state index is 5.78. The van der Waals surface area contributed by atoms with Gasteiger partial charge in [0.2, 0.25) is 5.88 Å². The van der Waals surface area contributed by atoms with E-state index in [0.29, 0.717) is 31.1 Å². The molecule has 0 saturated carbocycles. The maximum Gasteiger partial charge on any atom is 0.212 e. The Kier molecular flexibility index (Phi) is 5.97. The molecular weight excluding hydrogens is 404 g/mol. The number of nitrogens with zero attached hydrogens (tertiary/aromatic N) is 6. The van der Waals surface area contributed by atoms with Gasteiger partial charge in [0.25, 0.3) is 0 Å². The molecule has 0 aliphatic carbocycles. The largest absolute Gasteiger partial charge is 0.481 e. The predicted molar refractivity (Wildman–Crippen MR) is 122 cm³/mol. The third-order valence-electron chi connectivity index (χ3n) is 6.98. The first-order valence-electron chi connectivity index (χ1n) is 11.6. The summed E-state index contributed by atoms with van der Waals surface area (Å²) >= 11 is 0. The van der Waals surface area contributed by atoms with Gasteiger partial charge in [0.15, 0.2) is 0 Å². The molecule has 170 valence electrons. The summed E-state index contributed by atoms with van der Waals surface area (Å²) in [7, 11) is 3.83. The van der Waals surface area contributed by atoms with Crippen LogP contribution in [-0.2, 0) is 17.6 Å². The lowest BCUT2D eigenvalue weighted by atomic mass is 9.91. The number of ether oxygens (including phenoxy) is 2. The number of piperidine rings is 1. The van der Waals surface area contributed by atoms with E-state index < -0.39 is 0 Å². The average molecular weight is 437 g/mol. The molecule has 2 aliphatic rings. The van der Waals surface area contributed by atoms with E-state index in [1.165, 1.54) is 24.1 Å². The Morgan fingerprint density at radius 1 is 1.12 bits per heavy atom. The molecule has 3 aromatic rings. The van der Waals surface area contributed by atoms with Gasteiger partial charge in [0.05, 0.1) is 50.1 Å². The third-order valence-corrected chi connectivity index (χ3v) is 6.98. The zero-order chi connectivity index (χ0) is 22.1. The van der Waals surface area contributed by atoms with Crippen molar-refractivity contribution in [3.63, 3.8) is 0 Å². The fraction of sp³-hybridized carbons (Fsp3) is 0.542. The van der Waals surface area contributed by atoms with Crippen LogP contribution in [0.2, 0.25) is 0 Å². The highest BCUT2D eigenvalue weighted by atomic mass is 16.5. The Hall–Kier alpha value is -2.71. The molecule has 3 aromatic heterocycles. The molecule has 1 saturated heterocycles. The topological polar surface area (TPSA) is 70.2 Å². The molecule has 8 nitrogen and oxygen atoms in total. The average Bonchev–Trinajstić information content (AvgIpc) is 3.37. The number of pyridine rings is 1. The number of hydrogen-bond donors (Lipinski definition) is 0.